The zero-order chi connectivity index (χ0) is 18.0. The van der Waals surface area contributed by atoms with Gasteiger partial charge in [-0.2, -0.15) is 0 Å². The summed E-state index contributed by atoms with van der Waals surface area (Å²) < 4.78 is 0. The molecule has 1 heterocycles. The number of carbonyl (C=O) groups is 1. The SMILES string of the molecule is Cc1cc(N)c(NC(=O)c2ccccc2Cl)cc1N1CCC[C@H](C)C1. The topological polar surface area (TPSA) is 58.4 Å². The molecule has 5 heteroatoms. The molecular formula is C20H24ClN3O. The van der Waals surface area contributed by atoms with Gasteiger partial charge in [0, 0.05) is 18.8 Å². The van der Waals surface area contributed by atoms with E-state index in [4.69, 9.17) is 17.3 Å². The summed E-state index contributed by atoms with van der Waals surface area (Å²) in [5, 5.41) is 3.34. The minimum atomic E-state index is -0.251. The largest absolute Gasteiger partial charge is 0.397 e. The zero-order valence-electron chi connectivity index (χ0n) is 14.7. The van der Waals surface area contributed by atoms with Gasteiger partial charge in [0.25, 0.3) is 5.91 Å². The molecule has 4 nitrogen and oxygen atoms in total. The second kappa shape index (κ2) is 7.36. The summed E-state index contributed by atoms with van der Waals surface area (Å²) in [7, 11) is 0. The van der Waals surface area contributed by atoms with E-state index in [1.807, 2.05) is 12.1 Å². The third-order valence-corrected chi connectivity index (χ3v) is 5.06. The molecule has 132 valence electrons. The molecule has 1 aliphatic rings. The van der Waals surface area contributed by atoms with Crippen LogP contribution in [-0.4, -0.2) is 19.0 Å². The Morgan fingerprint density at radius 1 is 1.32 bits per heavy atom. The number of halogens is 1. The number of aryl methyl sites for hydroxylation is 1. The van der Waals surface area contributed by atoms with E-state index in [2.05, 4.69) is 24.1 Å². The first-order chi connectivity index (χ1) is 12.0. The maximum Gasteiger partial charge on any atom is 0.257 e. The van der Waals surface area contributed by atoms with E-state index in [0.29, 0.717) is 27.9 Å². The van der Waals surface area contributed by atoms with E-state index < -0.39 is 0 Å². The maximum absolute atomic E-state index is 12.5. The van der Waals surface area contributed by atoms with Gasteiger partial charge < -0.3 is 16.0 Å². The number of hydrogen-bond donors (Lipinski definition) is 2. The number of rotatable bonds is 3. The van der Waals surface area contributed by atoms with Crippen molar-refractivity contribution in [1.82, 2.24) is 0 Å². The number of nitrogens with zero attached hydrogens (tertiary/aromatic N) is 1. The summed E-state index contributed by atoms with van der Waals surface area (Å²) in [6, 6.07) is 10.9. The minimum absolute atomic E-state index is 0.251. The minimum Gasteiger partial charge on any atom is -0.397 e. The highest BCUT2D eigenvalue weighted by molar-refractivity contribution is 6.34. The smallest absolute Gasteiger partial charge is 0.257 e. The van der Waals surface area contributed by atoms with Gasteiger partial charge in [0.2, 0.25) is 0 Å². The maximum atomic E-state index is 12.5. The predicted octanol–water partition coefficient (Wildman–Crippen LogP) is 4.72. The van der Waals surface area contributed by atoms with Crippen molar-refractivity contribution in [2.75, 3.05) is 29.0 Å². The van der Waals surface area contributed by atoms with Gasteiger partial charge >= 0.3 is 0 Å². The highest BCUT2D eigenvalue weighted by Gasteiger charge is 2.20. The lowest BCUT2D eigenvalue weighted by atomic mass is 9.98. The molecule has 0 aliphatic carbocycles. The van der Waals surface area contributed by atoms with Crippen LogP contribution in [0.4, 0.5) is 17.1 Å². The summed E-state index contributed by atoms with van der Waals surface area (Å²) >= 11 is 6.12. The Labute approximate surface area is 154 Å². The first-order valence-electron chi connectivity index (χ1n) is 8.66. The van der Waals surface area contributed by atoms with Crippen molar-refractivity contribution in [2.45, 2.75) is 26.7 Å². The van der Waals surface area contributed by atoms with Gasteiger partial charge in [-0.1, -0.05) is 30.7 Å². The quantitative estimate of drug-likeness (QED) is 0.781. The number of hydrogen-bond acceptors (Lipinski definition) is 3. The first-order valence-corrected chi connectivity index (χ1v) is 9.04. The lowest BCUT2D eigenvalue weighted by molar-refractivity contribution is 0.102. The molecule has 0 radical (unpaired) electrons. The fourth-order valence-electron chi connectivity index (χ4n) is 3.41. The van der Waals surface area contributed by atoms with Crippen LogP contribution < -0.4 is 16.0 Å². The van der Waals surface area contributed by atoms with Gasteiger partial charge in [-0.3, -0.25) is 4.79 Å². The van der Waals surface area contributed by atoms with Crippen LogP contribution in [0.3, 0.4) is 0 Å². The van der Waals surface area contributed by atoms with Crippen molar-refractivity contribution in [2.24, 2.45) is 5.92 Å². The van der Waals surface area contributed by atoms with Crippen LogP contribution in [-0.2, 0) is 0 Å². The van der Waals surface area contributed by atoms with Gasteiger partial charge in [-0.15, -0.1) is 0 Å². The molecule has 1 aliphatic heterocycles. The summed E-state index contributed by atoms with van der Waals surface area (Å²) in [5.41, 5.74) is 10.0. The molecule has 0 unspecified atom stereocenters. The third kappa shape index (κ3) is 3.90. The van der Waals surface area contributed by atoms with Crippen molar-refractivity contribution < 1.29 is 4.79 Å². The Balaban J connectivity index is 1.88. The average molecular weight is 358 g/mol. The molecule has 0 bridgehead atoms. The molecule has 1 saturated heterocycles. The van der Waals surface area contributed by atoms with Crippen LogP contribution in [0.1, 0.15) is 35.7 Å². The Kier molecular flexibility index (Phi) is 5.19. The van der Waals surface area contributed by atoms with Gasteiger partial charge in [0.05, 0.1) is 22.0 Å². The van der Waals surface area contributed by atoms with Crippen molar-refractivity contribution in [3.63, 3.8) is 0 Å². The van der Waals surface area contributed by atoms with Gasteiger partial charge in [0.15, 0.2) is 0 Å². The van der Waals surface area contributed by atoms with Crippen LogP contribution in [0.2, 0.25) is 5.02 Å². The molecule has 0 spiro atoms. The highest BCUT2D eigenvalue weighted by Crippen LogP contribution is 2.33. The molecule has 0 saturated carbocycles. The standard InChI is InChI=1S/C20H24ClN3O/c1-13-6-5-9-24(12-13)19-11-18(17(22)10-14(19)2)23-20(25)15-7-3-4-8-16(15)21/h3-4,7-8,10-11,13H,5-6,9,12,22H2,1-2H3,(H,23,25)/t13-/m0/s1. The lowest BCUT2D eigenvalue weighted by Gasteiger charge is -2.34. The van der Waals surface area contributed by atoms with Crippen LogP contribution in [0.5, 0.6) is 0 Å². The Bertz CT molecular complexity index is 791. The molecule has 1 atom stereocenters. The van der Waals surface area contributed by atoms with E-state index in [1.165, 1.54) is 12.8 Å². The number of piperidine rings is 1. The normalized spacial score (nSPS) is 17.4. The molecule has 2 aromatic carbocycles. The molecule has 3 N–H and O–H groups in total. The molecule has 1 amide bonds. The Morgan fingerprint density at radius 3 is 2.80 bits per heavy atom. The number of amides is 1. The lowest BCUT2D eigenvalue weighted by Crippen LogP contribution is -2.34. The van der Waals surface area contributed by atoms with Crippen molar-refractivity contribution in [1.29, 1.82) is 0 Å². The van der Waals surface area contributed by atoms with E-state index in [-0.39, 0.29) is 5.91 Å². The molecule has 3 rings (SSSR count). The number of anilines is 3. The highest BCUT2D eigenvalue weighted by atomic mass is 35.5. The Hall–Kier alpha value is -2.20. The molecular weight excluding hydrogens is 334 g/mol. The number of nitrogens with one attached hydrogen (secondary N) is 1. The van der Waals surface area contributed by atoms with Crippen molar-refractivity contribution >= 4 is 34.6 Å². The summed E-state index contributed by atoms with van der Waals surface area (Å²) in [6.45, 7) is 6.40. The molecule has 2 aromatic rings. The van der Waals surface area contributed by atoms with Crippen LogP contribution in [0, 0.1) is 12.8 Å². The van der Waals surface area contributed by atoms with Gasteiger partial charge in [-0.25, -0.2) is 0 Å². The van der Waals surface area contributed by atoms with E-state index >= 15 is 0 Å². The summed E-state index contributed by atoms with van der Waals surface area (Å²) in [4.78, 5) is 14.9. The van der Waals surface area contributed by atoms with Gasteiger partial charge in [-0.05, 0) is 55.5 Å². The second-order valence-electron chi connectivity index (χ2n) is 6.85. The molecule has 1 fully saturated rings. The number of nitrogens with two attached hydrogens (primary N) is 1. The number of benzene rings is 2. The molecule has 0 aromatic heterocycles. The van der Waals surface area contributed by atoms with Crippen molar-refractivity contribution in [3.05, 3.63) is 52.5 Å². The first kappa shape index (κ1) is 17.6. The number of nitrogen functional groups attached to an aromatic ring is 1. The zero-order valence-corrected chi connectivity index (χ0v) is 15.4. The van der Waals surface area contributed by atoms with Gasteiger partial charge in [0.1, 0.15) is 0 Å². The van der Waals surface area contributed by atoms with E-state index in [9.17, 15) is 4.79 Å². The van der Waals surface area contributed by atoms with Crippen LogP contribution >= 0.6 is 11.6 Å². The predicted molar refractivity (Wildman–Crippen MR) is 106 cm³/mol. The Morgan fingerprint density at radius 2 is 2.08 bits per heavy atom. The molecule has 25 heavy (non-hydrogen) atoms. The van der Waals surface area contributed by atoms with E-state index in [1.54, 1.807) is 24.3 Å². The fraction of sp³-hybridized carbons (Fsp3) is 0.350. The summed E-state index contributed by atoms with van der Waals surface area (Å²) in [6.07, 6.45) is 2.45. The number of carbonyl (C=O) groups excluding carboxylic acids is 1. The second-order valence-corrected chi connectivity index (χ2v) is 7.26. The summed E-state index contributed by atoms with van der Waals surface area (Å²) in [5.74, 6) is 0.422. The third-order valence-electron chi connectivity index (χ3n) is 4.73. The monoisotopic (exact) mass is 357 g/mol. The fourth-order valence-corrected chi connectivity index (χ4v) is 3.63. The van der Waals surface area contributed by atoms with Crippen LogP contribution in [0.15, 0.2) is 36.4 Å². The van der Waals surface area contributed by atoms with Crippen molar-refractivity contribution in [3.8, 4) is 0 Å². The van der Waals surface area contributed by atoms with E-state index in [0.717, 1.165) is 24.3 Å². The van der Waals surface area contributed by atoms with Crippen LogP contribution in [0.25, 0.3) is 0 Å². The average Bonchev–Trinajstić information content (AvgIpc) is 2.57.